The molecule has 1 aromatic heterocycles. The summed E-state index contributed by atoms with van der Waals surface area (Å²) in [7, 11) is 1.62. The number of methoxy groups -OCH3 is 1. The molecule has 0 saturated heterocycles. The Hall–Kier alpha value is -0.770. The van der Waals surface area contributed by atoms with Gasteiger partial charge in [-0.05, 0) is 24.8 Å². The van der Waals surface area contributed by atoms with Crippen LogP contribution in [0.1, 0.15) is 24.8 Å². The molecule has 82 valence electrons. The number of pyridine rings is 1. The molecule has 0 aliphatic heterocycles. The summed E-state index contributed by atoms with van der Waals surface area (Å²) in [6.45, 7) is 0. The first-order valence-electron chi connectivity index (χ1n) is 5.09. The Morgan fingerprint density at radius 1 is 1.40 bits per heavy atom. The van der Waals surface area contributed by atoms with Crippen LogP contribution < -0.4 is 9.47 Å². The molecule has 3 nitrogen and oxygen atoms in total. The highest BCUT2D eigenvalue weighted by molar-refractivity contribution is 9.08. The summed E-state index contributed by atoms with van der Waals surface area (Å²) in [6.07, 6.45) is 3.90. The van der Waals surface area contributed by atoms with Gasteiger partial charge in [-0.1, -0.05) is 15.9 Å². The molecule has 15 heavy (non-hydrogen) atoms. The first kappa shape index (κ1) is 10.7. The van der Waals surface area contributed by atoms with Crippen molar-refractivity contribution < 1.29 is 9.47 Å². The molecule has 1 saturated carbocycles. The fraction of sp³-hybridized carbons (Fsp3) is 0.545. The van der Waals surface area contributed by atoms with E-state index in [1.165, 1.54) is 6.42 Å². The van der Waals surface area contributed by atoms with E-state index < -0.39 is 0 Å². The minimum Gasteiger partial charge on any atom is -0.481 e. The van der Waals surface area contributed by atoms with Crippen LogP contribution in [0.5, 0.6) is 11.8 Å². The van der Waals surface area contributed by atoms with Gasteiger partial charge in [0.15, 0.2) is 0 Å². The van der Waals surface area contributed by atoms with Gasteiger partial charge in [0.25, 0.3) is 0 Å². The minimum atomic E-state index is 0.354. The van der Waals surface area contributed by atoms with Crippen molar-refractivity contribution in [3.8, 4) is 11.8 Å². The zero-order chi connectivity index (χ0) is 10.7. The zero-order valence-electron chi connectivity index (χ0n) is 8.70. The number of rotatable bonds is 4. The van der Waals surface area contributed by atoms with E-state index in [0.717, 1.165) is 23.7 Å². The van der Waals surface area contributed by atoms with E-state index in [-0.39, 0.29) is 0 Å². The topological polar surface area (TPSA) is 31.4 Å². The summed E-state index contributed by atoms with van der Waals surface area (Å²) in [6, 6.07) is 3.86. The zero-order valence-corrected chi connectivity index (χ0v) is 10.3. The lowest BCUT2D eigenvalue weighted by Gasteiger charge is -2.25. The van der Waals surface area contributed by atoms with Gasteiger partial charge in [-0.3, -0.25) is 0 Å². The molecule has 0 bridgehead atoms. The van der Waals surface area contributed by atoms with Crippen LogP contribution in [-0.2, 0) is 5.33 Å². The van der Waals surface area contributed by atoms with Crippen LogP contribution in [0.3, 0.4) is 0 Å². The number of aromatic nitrogens is 1. The Morgan fingerprint density at radius 2 is 2.13 bits per heavy atom. The Kier molecular flexibility index (Phi) is 3.46. The van der Waals surface area contributed by atoms with Crippen molar-refractivity contribution in [3.63, 3.8) is 0 Å². The van der Waals surface area contributed by atoms with E-state index in [9.17, 15) is 0 Å². The van der Waals surface area contributed by atoms with Gasteiger partial charge in [-0.2, -0.15) is 4.98 Å². The fourth-order valence-corrected chi connectivity index (χ4v) is 1.76. The van der Waals surface area contributed by atoms with E-state index in [1.807, 2.05) is 12.1 Å². The van der Waals surface area contributed by atoms with Gasteiger partial charge in [0.2, 0.25) is 11.8 Å². The van der Waals surface area contributed by atoms with Crippen molar-refractivity contribution in [1.82, 2.24) is 4.98 Å². The van der Waals surface area contributed by atoms with Crippen LogP contribution in [0.15, 0.2) is 12.1 Å². The molecule has 0 amide bonds. The number of alkyl halides is 1. The Balaban J connectivity index is 2.13. The van der Waals surface area contributed by atoms with E-state index >= 15 is 0 Å². The second-order valence-electron chi connectivity index (χ2n) is 3.66. The summed E-state index contributed by atoms with van der Waals surface area (Å²) in [5.41, 5.74) is 1.12. The van der Waals surface area contributed by atoms with E-state index in [0.29, 0.717) is 17.9 Å². The molecule has 0 N–H and O–H groups in total. The minimum absolute atomic E-state index is 0.354. The maximum absolute atomic E-state index is 5.72. The lowest BCUT2D eigenvalue weighted by molar-refractivity contribution is 0.113. The molecule has 1 aliphatic rings. The fourth-order valence-electron chi connectivity index (χ4n) is 1.43. The predicted molar refractivity (Wildman–Crippen MR) is 61.7 cm³/mol. The Bertz CT molecular complexity index is 317. The SMILES string of the molecule is COc1cc(CBr)cc(OC2CCC2)n1. The number of hydrogen-bond donors (Lipinski definition) is 0. The molecule has 0 atom stereocenters. The average molecular weight is 272 g/mol. The van der Waals surface area contributed by atoms with Crippen molar-refractivity contribution in [1.29, 1.82) is 0 Å². The summed E-state index contributed by atoms with van der Waals surface area (Å²) in [5.74, 6) is 1.29. The molecular formula is C11H14BrNO2. The van der Waals surface area contributed by atoms with Gasteiger partial charge < -0.3 is 9.47 Å². The largest absolute Gasteiger partial charge is 0.481 e. The highest BCUT2D eigenvalue weighted by atomic mass is 79.9. The lowest BCUT2D eigenvalue weighted by atomic mass is 9.96. The van der Waals surface area contributed by atoms with Gasteiger partial charge >= 0.3 is 0 Å². The first-order valence-corrected chi connectivity index (χ1v) is 6.21. The van der Waals surface area contributed by atoms with E-state index in [2.05, 4.69) is 20.9 Å². The number of nitrogens with zero attached hydrogens (tertiary/aromatic N) is 1. The lowest BCUT2D eigenvalue weighted by Crippen LogP contribution is -2.25. The van der Waals surface area contributed by atoms with Crippen molar-refractivity contribution in [2.24, 2.45) is 0 Å². The first-order chi connectivity index (χ1) is 7.31. The van der Waals surface area contributed by atoms with Gasteiger partial charge in [0.05, 0.1) is 7.11 Å². The normalized spacial score (nSPS) is 15.9. The molecule has 4 heteroatoms. The van der Waals surface area contributed by atoms with Gasteiger partial charge in [0.1, 0.15) is 6.10 Å². The van der Waals surface area contributed by atoms with Crippen LogP contribution in [-0.4, -0.2) is 18.2 Å². The second kappa shape index (κ2) is 4.84. The van der Waals surface area contributed by atoms with Crippen LogP contribution in [0.4, 0.5) is 0 Å². The Labute approximate surface area is 97.9 Å². The van der Waals surface area contributed by atoms with E-state index in [4.69, 9.17) is 9.47 Å². The number of ether oxygens (including phenoxy) is 2. The van der Waals surface area contributed by atoms with E-state index in [1.54, 1.807) is 7.11 Å². The average Bonchev–Trinajstić information content (AvgIpc) is 2.23. The third-order valence-electron chi connectivity index (χ3n) is 2.54. The smallest absolute Gasteiger partial charge is 0.217 e. The van der Waals surface area contributed by atoms with Crippen molar-refractivity contribution >= 4 is 15.9 Å². The Morgan fingerprint density at radius 3 is 2.67 bits per heavy atom. The second-order valence-corrected chi connectivity index (χ2v) is 4.22. The number of halogens is 1. The third kappa shape index (κ3) is 2.62. The molecule has 1 aromatic rings. The molecule has 0 aromatic carbocycles. The molecule has 2 rings (SSSR count). The summed E-state index contributed by atoms with van der Waals surface area (Å²) in [5, 5.41) is 0.785. The van der Waals surface area contributed by atoms with Crippen molar-refractivity contribution in [2.75, 3.05) is 7.11 Å². The highest BCUT2D eigenvalue weighted by Crippen LogP contribution is 2.26. The summed E-state index contributed by atoms with van der Waals surface area (Å²) in [4.78, 5) is 4.26. The van der Waals surface area contributed by atoms with Gasteiger partial charge in [-0.15, -0.1) is 0 Å². The standard InChI is InChI=1S/C11H14BrNO2/c1-14-10-5-8(7-12)6-11(13-10)15-9-3-2-4-9/h5-6,9H,2-4,7H2,1H3. The molecule has 0 spiro atoms. The van der Waals surface area contributed by atoms with Crippen molar-refractivity contribution in [2.45, 2.75) is 30.7 Å². The molecule has 1 fully saturated rings. The monoisotopic (exact) mass is 271 g/mol. The third-order valence-corrected chi connectivity index (χ3v) is 3.19. The molecular weight excluding hydrogens is 258 g/mol. The highest BCUT2D eigenvalue weighted by Gasteiger charge is 2.20. The summed E-state index contributed by atoms with van der Waals surface area (Å²) >= 11 is 3.41. The van der Waals surface area contributed by atoms with Crippen molar-refractivity contribution in [3.05, 3.63) is 17.7 Å². The molecule has 1 heterocycles. The predicted octanol–water partition coefficient (Wildman–Crippen LogP) is 2.92. The molecule has 0 radical (unpaired) electrons. The van der Waals surface area contributed by atoms with Crippen LogP contribution in [0.2, 0.25) is 0 Å². The van der Waals surface area contributed by atoms with Gasteiger partial charge in [-0.25, -0.2) is 0 Å². The van der Waals surface area contributed by atoms with Crippen LogP contribution >= 0.6 is 15.9 Å². The quantitative estimate of drug-likeness (QED) is 0.790. The summed E-state index contributed by atoms with van der Waals surface area (Å²) < 4.78 is 10.8. The molecule has 1 aliphatic carbocycles. The molecule has 0 unspecified atom stereocenters. The maximum Gasteiger partial charge on any atom is 0.217 e. The van der Waals surface area contributed by atoms with Crippen LogP contribution in [0, 0.1) is 0 Å². The maximum atomic E-state index is 5.72. The van der Waals surface area contributed by atoms with Crippen LogP contribution in [0.25, 0.3) is 0 Å². The number of hydrogen-bond acceptors (Lipinski definition) is 3. The van der Waals surface area contributed by atoms with Gasteiger partial charge in [0, 0.05) is 17.5 Å².